The quantitative estimate of drug-likeness (QED) is 0.795. The molecule has 1 aromatic rings. The largest absolute Gasteiger partial charge is 0.489 e. The van der Waals surface area contributed by atoms with Crippen LogP contribution in [-0.2, 0) is 0 Å². The maximum absolute atomic E-state index is 6.17. The molecule has 0 aromatic heterocycles. The first-order chi connectivity index (χ1) is 8.16. The summed E-state index contributed by atoms with van der Waals surface area (Å²) in [5, 5.41) is 0. The third-order valence-corrected chi connectivity index (χ3v) is 3.77. The zero-order valence-electron chi connectivity index (χ0n) is 10.9. The molecule has 0 aliphatic heterocycles. The predicted octanol–water partition coefficient (Wildman–Crippen LogP) is 3.34. The Morgan fingerprint density at radius 1 is 1.06 bits per heavy atom. The van der Waals surface area contributed by atoms with Gasteiger partial charge in [-0.15, -0.1) is 0 Å². The van der Waals surface area contributed by atoms with Gasteiger partial charge in [-0.1, -0.05) is 18.9 Å². The van der Waals surface area contributed by atoms with Crippen LogP contribution in [-0.4, -0.2) is 12.1 Å². The van der Waals surface area contributed by atoms with E-state index in [-0.39, 0.29) is 12.1 Å². The number of ether oxygens (including phenoxy) is 1. The molecule has 1 fully saturated rings. The average molecular weight is 233 g/mol. The Bertz CT molecular complexity index is 375. The van der Waals surface area contributed by atoms with Gasteiger partial charge < -0.3 is 10.5 Å². The van der Waals surface area contributed by atoms with Gasteiger partial charge in [-0.3, -0.25) is 0 Å². The smallest absolute Gasteiger partial charge is 0.120 e. The fraction of sp³-hybridized carbons (Fsp3) is 0.600. The van der Waals surface area contributed by atoms with E-state index in [9.17, 15) is 0 Å². The minimum absolute atomic E-state index is 0.194. The highest BCUT2D eigenvalue weighted by Crippen LogP contribution is 2.23. The van der Waals surface area contributed by atoms with E-state index < -0.39 is 0 Å². The molecule has 0 radical (unpaired) electrons. The van der Waals surface area contributed by atoms with Crippen LogP contribution in [0.5, 0.6) is 5.75 Å². The third kappa shape index (κ3) is 3.22. The van der Waals surface area contributed by atoms with Crippen LogP contribution in [0.25, 0.3) is 0 Å². The molecule has 17 heavy (non-hydrogen) atoms. The average Bonchev–Trinajstić information content (AvgIpc) is 2.50. The van der Waals surface area contributed by atoms with Gasteiger partial charge in [0.2, 0.25) is 0 Å². The minimum atomic E-state index is 0.194. The Morgan fingerprint density at radius 3 is 2.59 bits per heavy atom. The van der Waals surface area contributed by atoms with E-state index in [0.717, 1.165) is 18.6 Å². The second-order valence-corrected chi connectivity index (χ2v) is 5.20. The molecule has 2 nitrogen and oxygen atoms in total. The van der Waals surface area contributed by atoms with Crippen molar-refractivity contribution in [3.63, 3.8) is 0 Å². The Balaban J connectivity index is 2.05. The van der Waals surface area contributed by atoms with Crippen LogP contribution in [0, 0.1) is 13.8 Å². The summed E-state index contributed by atoms with van der Waals surface area (Å²) >= 11 is 0. The van der Waals surface area contributed by atoms with E-state index in [1.54, 1.807) is 0 Å². The molecule has 1 saturated carbocycles. The zero-order valence-corrected chi connectivity index (χ0v) is 10.9. The number of nitrogens with two attached hydrogens (primary N) is 1. The topological polar surface area (TPSA) is 35.2 Å². The lowest BCUT2D eigenvalue weighted by molar-refractivity contribution is 0.162. The number of hydrogen-bond acceptors (Lipinski definition) is 2. The van der Waals surface area contributed by atoms with Gasteiger partial charge in [0.1, 0.15) is 11.9 Å². The fourth-order valence-electron chi connectivity index (χ4n) is 2.41. The first-order valence-electron chi connectivity index (χ1n) is 6.66. The maximum Gasteiger partial charge on any atom is 0.120 e. The molecule has 0 amide bonds. The van der Waals surface area contributed by atoms with E-state index >= 15 is 0 Å². The molecule has 0 heterocycles. The van der Waals surface area contributed by atoms with Crippen LogP contribution in [0.3, 0.4) is 0 Å². The lowest BCUT2D eigenvalue weighted by Crippen LogP contribution is -2.37. The highest BCUT2D eigenvalue weighted by molar-refractivity contribution is 5.34. The highest BCUT2D eigenvalue weighted by atomic mass is 16.5. The molecular weight excluding hydrogens is 210 g/mol. The Morgan fingerprint density at radius 2 is 1.82 bits per heavy atom. The van der Waals surface area contributed by atoms with Crippen molar-refractivity contribution in [1.82, 2.24) is 0 Å². The van der Waals surface area contributed by atoms with Crippen LogP contribution in [0.4, 0.5) is 0 Å². The van der Waals surface area contributed by atoms with Gasteiger partial charge in [-0.05, 0) is 56.4 Å². The Kier molecular flexibility index (Phi) is 4.06. The van der Waals surface area contributed by atoms with Gasteiger partial charge in [0.05, 0.1) is 0 Å². The van der Waals surface area contributed by atoms with Crippen LogP contribution >= 0.6 is 0 Å². The summed E-state index contributed by atoms with van der Waals surface area (Å²) < 4.78 is 6.06. The number of aryl methyl sites for hydroxylation is 2. The second-order valence-electron chi connectivity index (χ2n) is 5.20. The van der Waals surface area contributed by atoms with Crippen LogP contribution in [0.1, 0.15) is 43.2 Å². The number of benzene rings is 1. The fourth-order valence-corrected chi connectivity index (χ4v) is 2.41. The molecule has 94 valence electrons. The zero-order chi connectivity index (χ0) is 12.3. The third-order valence-electron chi connectivity index (χ3n) is 3.77. The highest BCUT2D eigenvalue weighted by Gasteiger charge is 2.21. The van der Waals surface area contributed by atoms with Crippen LogP contribution < -0.4 is 10.5 Å². The number of rotatable bonds is 2. The predicted molar refractivity (Wildman–Crippen MR) is 71.4 cm³/mol. The standard InChI is InChI=1S/C15H23NO/c1-11-8-9-13(10-12(11)2)17-15-7-5-3-4-6-14(15)16/h8-10,14-15H,3-7,16H2,1-2H3. The van der Waals surface area contributed by atoms with Gasteiger partial charge >= 0.3 is 0 Å². The summed E-state index contributed by atoms with van der Waals surface area (Å²) in [5.74, 6) is 0.968. The molecule has 1 aliphatic rings. The summed E-state index contributed by atoms with van der Waals surface area (Å²) in [6.45, 7) is 4.24. The normalized spacial score (nSPS) is 25.4. The lowest BCUT2D eigenvalue weighted by atomic mass is 10.1. The lowest BCUT2D eigenvalue weighted by Gasteiger charge is -2.23. The van der Waals surface area contributed by atoms with Crippen molar-refractivity contribution in [2.24, 2.45) is 5.73 Å². The first-order valence-corrected chi connectivity index (χ1v) is 6.66. The monoisotopic (exact) mass is 233 g/mol. The molecule has 2 unspecified atom stereocenters. The summed E-state index contributed by atoms with van der Waals surface area (Å²) in [6.07, 6.45) is 6.15. The molecule has 0 saturated heterocycles. The van der Waals surface area contributed by atoms with E-state index in [2.05, 4.69) is 32.0 Å². The summed E-state index contributed by atoms with van der Waals surface area (Å²) in [7, 11) is 0. The van der Waals surface area contributed by atoms with Crippen molar-refractivity contribution in [3.05, 3.63) is 29.3 Å². The molecule has 1 aliphatic carbocycles. The van der Waals surface area contributed by atoms with E-state index in [4.69, 9.17) is 10.5 Å². The Hall–Kier alpha value is -1.02. The van der Waals surface area contributed by atoms with Gasteiger partial charge in [0.15, 0.2) is 0 Å². The van der Waals surface area contributed by atoms with Gasteiger partial charge in [0, 0.05) is 6.04 Å². The van der Waals surface area contributed by atoms with Crippen LogP contribution in [0.2, 0.25) is 0 Å². The summed E-state index contributed by atoms with van der Waals surface area (Å²) in [4.78, 5) is 0. The molecule has 2 rings (SSSR count). The molecule has 0 bridgehead atoms. The van der Waals surface area contributed by atoms with Crippen molar-refractivity contribution in [2.75, 3.05) is 0 Å². The minimum Gasteiger partial charge on any atom is -0.489 e. The van der Waals surface area contributed by atoms with E-state index in [1.165, 1.54) is 30.4 Å². The SMILES string of the molecule is Cc1ccc(OC2CCCCCC2N)cc1C. The van der Waals surface area contributed by atoms with Gasteiger partial charge in [-0.2, -0.15) is 0 Å². The Labute approximate surface area is 104 Å². The molecule has 1 aromatic carbocycles. The molecule has 0 spiro atoms. The summed E-state index contributed by atoms with van der Waals surface area (Å²) in [6, 6.07) is 6.49. The van der Waals surface area contributed by atoms with Gasteiger partial charge in [0.25, 0.3) is 0 Å². The maximum atomic E-state index is 6.17. The number of hydrogen-bond donors (Lipinski definition) is 1. The van der Waals surface area contributed by atoms with E-state index in [0.29, 0.717) is 0 Å². The first kappa shape index (κ1) is 12.4. The van der Waals surface area contributed by atoms with Crippen molar-refractivity contribution < 1.29 is 4.74 Å². The van der Waals surface area contributed by atoms with E-state index in [1.807, 2.05) is 0 Å². The summed E-state index contributed by atoms with van der Waals surface area (Å²) in [5.41, 5.74) is 8.76. The molecule has 2 N–H and O–H groups in total. The van der Waals surface area contributed by atoms with Crippen molar-refractivity contribution >= 4 is 0 Å². The van der Waals surface area contributed by atoms with Crippen molar-refractivity contribution in [1.29, 1.82) is 0 Å². The van der Waals surface area contributed by atoms with Crippen molar-refractivity contribution in [2.45, 2.75) is 58.1 Å². The molecular formula is C15H23NO. The molecule has 2 atom stereocenters. The molecule has 2 heteroatoms. The van der Waals surface area contributed by atoms with Crippen LogP contribution in [0.15, 0.2) is 18.2 Å². The second kappa shape index (κ2) is 5.54. The van der Waals surface area contributed by atoms with Gasteiger partial charge in [-0.25, -0.2) is 0 Å². The van der Waals surface area contributed by atoms with Crippen molar-refractivity contribution in [3.8, 4) is 5.75 Å².